The Balaban J connectivity index is 2.43. The smallest absolute Gasteiger partial charge is 0.193 e. The molecule has 2 aromatic heterocycles. The van der Waals surface area contributed by atoms with Gasteiger partial charge in [-0.15, -0.1) is 16.4 Å². The largest absolute Gasteiger partial charge is 0.397 e. The van der Waals surface area contributed by atoms with Gasteiger partial charge in [0.2, 0.25) is 0 Å². The molecule has 2 rings (SSSR count). The number of hydrogen-bond acceptors (Lipinski definition) is 4. The van der Waals surface area contributed by atoms with Gasteiger partial charge in [-0.25, -0.2) is 4.98 Å². The van der Waals surface area contributed by atoms with Gasteiger partial charge in [0.25, 0.3) is 0 Å². The van der Waals surface area contributed by atoms with E-state index in [9.17, 15) is 0 Å². The number of aryl methyl sites for hydroxylation is 1. The van der Waals surface area contributed by atoms with Crippen LogP contribution in [0.2, 0.25) is 0 Å². The first-order chi connectivity index (χ1) is 6.70. The SMILES string of the molecule is CCn1cnc(-c2sc(Br)cc2N)n1. The Morgan fingerprint density at radius 2 is 2.43 bits per heavy atom. The molecule has 0 aliphatic carbocycles. The van der Waals surface area contributed by atoms with Crippen LogP contribution in [0.25, 0.3) is 10.7 Å². The number of nitrogens with two attached hydrogens (primary N) is 1. The van der Waals surface area contributed by atoms with Gasteiger partial charge < -0.3 is 5.73 Å². The van der Waals surface area contributed by atoms with Crippen molar-refractivity contribution in [3.63, 3.8) is 0 Å². The number of thiophene rings is 1. The first kappa shape index (κ1) is 9.67. The number of anilines is 1. The van der Waals surface area contributed by atoms with E-state index in [-0.39, 0.29) is 0 Å². The lowest BCUT2D eigenvalue weighted by molar-refractivity contribution is 0.660. The van der Waals surface area contributed by atoms with Crippen molar-refractivity contribution in [1.29, 1.82) is 0 Å². The van der Waals surface area contributed by atoms with Crippen molar-refractivity contribution in [1.82, 2.24) is 14.8 Å². The Hall–Kier alpha value is -0.880. The maximum atomic E-state index is 5.82. The summed E-state index contributed by atoms with van der Waals surface area (Å²) in [5, 5.41) is 4.29. The normalized spacial score (nSPS) is 10.7. The van der Waals surface area contributed by atoms with E-state index in [4.69, 9.17) is 5.73 Å². The highest BCUT2D eigenvalue weighted by Crippen LogP contribution is 2.35. The van der Waals surface area contributed by atoms with E-state index in [1.165, 1.54) is 0 Å². The summed E-state index contributed by atoms with van der Waals surface area (Å²) < 4.78 is 2.78. The molecule has 0 aliphatic rings. The van der Waals surface area contributed by atoms with Crippen molar-refractivity contribution in [3.05, 3.63) is 16.2 Å². The maximum Gasteiger partial charge on any atom is 0.193 e. The van der Waals surface area contributed by atoms with E-state index in [1.54, 1.807) is 22.3 Å². The van der Waals surface area contributed by atoms with E-state index >= 15 is 0 Å². The van der Waals surface area contributed by atoms with Crippen LogP contribution in [0.1, 0.15) is 6.92 Å². The van der Waals surface area contributed by atoms with Crippen LogP contribution in [0.5, 0.6) is 0 Å². The Bertz CT molecular complexity index is 448. The fourth-order valence-corrected chi connectivity index (χ4v) is 2.57. The highest BCUT2D eigenvalue weighted by Gasteiger charge is 2.11. The molecule has 2 aromatic rings. The maximum absolute atomic E-state index is 5.82. The van der Waals surface area contributed by atoms with Gasteiger partial charge in [0.1, 0.15) is 6.33 Å². The standard InChI is InChI=1S/C8H9BrN4S/c1-2-13-4-11-8(12-13)7-5(10)3-6(9)14-7/h3-4H,2,10H2,1H3. The summed E-state index contributed by atoms with van der Waals surface area (Å²) in [6, 6.07) is 1.87. The molecule has 0 fully saturated rings. The molecule has 74 valence electrons. The highest BCUT2D eigenvalue weighted by molar-refractivity contribution is 9.11. The lowest BCUT2D eigenvalue weighted by Gasteiger charge is -1.92. The number of halogens is 1. The van der Waals surface area contributed by atoms with Crippen LogP contribution in [0.4, 0.5) is 5.69 Å². The topological polar surface area (TPSA) is 56.7 Å². The quantitative estimate of drug-likeness (QED) is 0.913. The molecular weight excluding hydrogens is 264 g/mol. The molecule has 2 heterocycles. The second-order valence-corrected chi connectivity index (χ2v) is 5.19. The number of nitrogen functional groups attached to an aromatic ring is 1. The average Bonchev–Trinajstić information content (AvgIpc) is 2.71. The van der Waals surface area contributed by atoms with Crippen LogP contribution in [0.3, 0.4) is 0 Å². The number of rotatable bonds is 2. The molecule has 14 heavy (non-hydrogen) atoms. The molecule has 0 amide bonds. The van der Waals surface area contributed by atoms with Crippen LogP contribution in [-0.2, 0) is 6.54 Å². The summed E-state index contributed by atoms with van der Waals surface area (Å²) in [4.78, 5) is 5.11. The lowest BCUT2D eigenvalue weighted by atomic mass is 10.4. The van der Waals surface area contributed by atoms with Crippen LogP contribution in [0.15, 0.2) is 16.2 Å². The molecule has 0 aromatic carbocycles. The van der Waals surface area contributed by atoms with Gasteiger partial charge in [0, 0.05) is 6.54 Å². The minimum atomic E-state index is 0.694. The second kappa shape index (κ2) is 3.70. The molecular formula is C8H9BrN4S. The van der Waals surface area contributed by atoms with Crippen LogP contribution >= 0.6 is 27.3 Å². The van der Waals surface area contributed by atoms with Crippen LogP contribution < -0.4 is 5.73 Å². The Morgan fingerprint density at radius 3 is 2.93 bits per heavy atom. The fraction of sp³-hybridized carbons (Fsp3) is 0.250. The summed E-state index contributed by atoms with van der Waals surface area (Å²) >= 11 is 4.92. The van der Waals surface area contributed by atoms with Crippen LogP contribution in [0, 0.1) is 0 Å². The molecule has 0 atom stereocenters. The van der Waals surface area contributed by atoms with E-state index in [0.29, 0.717) is 5.82 Å². The van der Waals surface area contributed by atoms with Gasteiger partial charge in [-0.05, 0) is 28.9 Å². The van der Waals surface area contributed by atoms with Gasteiger partial charge in [-0.3, -0.25) is 4.68 Å². The van der Waals surface area contributed by atoms with E-state index in [2.05, 4.69) is 26.0 Å². The Morgan fingerprint density at radius 1 is 1.64 bits per heavy atom. The monoisotopic (exact) mass is 272 g/mol. The van der Waals surface area contributed by atoms with Crippen molar-refractivity contribution < 1.29 is 0 Å². The van der Waals surface area contributed by atoms with Gasteiger partial charge in [-0.2, -0.15) is 0 Å². The third-order valence-corrected chi connectivity index (χ3v) is 3.44. The van der Waals surface area contributed by atoms with Crippen molar-refractivity contribution in [2.24, 2.45) is 0 Å². The number of aromatic nitrogens is 3. The zero-order valence-corrected chi connectivity index (χ0v) is 9.97. The van der Waals surface area contributed by atoms with Gasteiger partial charge in [-0.1, -0.05) is 0 Å². The first-order valence-electron chi connectivity index (χ1n) is 4.15. The van der Waals surface area contributed by atoms with Gasteiger partial charge in [0.05, 0.1) is 14.4 Å². The second-order valence-electron chi connectivity index (χ2n) is 2.76. The predicted molar refractivity (Wildman–Crippen MR) is 61.1 cm³/mol. The number of nitrogens with zero attached hydrogens (tertiary/aromatic N) is 3. The third kappa shape index (κ3) is 1.67. The molecule has 0 unspecified atom stereocenters. The summed E-state index contributed by atoms with van der Waals surface area (Å²) in [7, 11) is 0. The van der Waals surface area contributed by atoms with Gasteiger partial charge >= 0.3 is 0 Å². The average molecular weight is 273 g/mol. The third-order valence-electron chi connectivity index (χ3n) is 1.79. The van der Waals surface area contributed by atoms with E-state index < -0.39 is 0 Å². The Kier molecular flexibility index (Phi) is 2.56. The molecule has 0 saturated carbocycles. The van der Waals surface area contributed by atoms with Crippen molar-refractivity contribution >= 4 is 33.0 Å². The minimum Gasteiger partial charge on any atom is -0.397 e. The van der Waals surface area contributed by atoms with Crippen molar-refractivity contribution in [2.75, 3.05) is 5.73 Å². The van der Waals surface area contributed by atoms with E-state index in [0.717, 1.165) is 20.9 Å². The highest BCUT2D eigenvalue weighted by atomic mass is 79.9. The molecule has 6 heteroatoms. The van der Waals surface area contributed by atoms with Gasteiger partial charge in [0.15, 0.2) is 5.82 Å². The molecule has 0 saturated heterocycles. The summed E-state index contributed by atoms with van der Waals surface area (Å²) in [6.45, 7) is 2.84. The summed E-state index contributed by atoms with van der Waals surface area (Å²) in [5.74, 6) is 0.694. The molecule has 0 spiro atoms. The zero-order valence-electron chi connectivity index (χ0n) is 7.57. The first-order valence-corrected chi connectivity index (χ1v) is 5.76. The van der Waals surface area contributed by atoms with Crippen molar-refractivity contribution in [3.8, 4) is 10.7 Å². The lowest BCUT2D eigenvalue weighted by Crippen LogP contribution is -1.94. The number of hydrogen-bond donors (Lipinski definition) is 1. The summed E-state index contributed by atoms with van der Waals surface area (Å²) in [5.41, 5.74) is 6.53. The van der Waals surface area contributed by atoms with Crippen molar-refractivity contribution in [2.45, 2.75) is 13.5 Å². The predicted octanol–water partition coefficient (Wildman–Crippen LogP) is 2.37. The molecule has 2 N–H and O–H groups in total. The molecule has 0 aliphatic heterocycles. The fourth-order valence-electron chi connectivity index (χ4n) is 1.10. The minimum absolute atomic E-state index is 0.694. The zero-order chi connectivity index (χ0) is 10.1. The Labute approximate surface area is 93.9 Å². The van der Waals surface area contributed by atoms with E-state index in [1.807, 2.05) is 13.0 Å². The molecule has 4 nitrogen and oxygen atoms in total. The molecule has 0 radical (unpaired) electrons. The summed E-state index contributed by atoms with van der Waals surface area (Å²) in [6.07, 6.45) is 1.71. The molecule has 0 bridgehead atoms. The van der Waals surface area contributed by atoms with Crippen LogP contribution in [-0.4, -0.2) is 14.8 Å².